The summed E-state index contributed by atoms with van der Waals surface area (Å²) in [6, 6.07) is -0.303. The lowest BCUT2D eigenvalue weighted by atomic mass is 9.82. The van der Waals surface area contributed by atoms with Crippen molar-refractivity contribution in [3.63, 3.8) is 0 Å². The number of rotatable bonds is 5. The number of hydrogen-bond donors (Lipinski definition) is 2. The van der Waals surface area contributed by atoms with Crippen molar-refractivity contribution in [2.45, 2.75) is 38.6 Å². The number of hydrogen-bond acceptors (Lipinski definition) is 2. The van der Waals surface area contributed by atoms with E-state index in [1.807, 2.05) is 19.1 Å². The molecule has 1 amide bonds. The molecule has 98 valence electrons. The van der Waals surface area contributed by atoms with Crippen molar-refractivity contribution in [1.82, 2.24) is 5.32 Å². The molecule has 0 aliphatic heterocycles. The van der Waals surface area contributed by atoms with E-state index >= 15 is 0 Å². The number of terminal acetylenes is 1. The molecule has 0 saturated carbocycles. The molecule has 0 aromatic heterocycles. The molecule has 0 aromatic carbocycles. The van der Waals surface area contributed by atoms with Gasteiger partial charge in [0.15, 0.2) is 0 Å². The highest BCUT2D eigenvalue weighted by Gasteiger charge is 2.34. The molecular formula is C14H19NO3. The summed E-state index contributed by atoms with van der Waals surface area (Å²) in [6.07, 6.45) is 11.5. The summed E-state index contributed by atoms with van der Waals surface area (Å²) in [5.74, 6) is 0.192. The highest BCUT2D eigenvalue weighted by molar-refractivity contribution is 5.85. The third kappa shape index (κ3) is 3.63. The van der Waals surface area contributed by atoms with Crippen molar-refractivity contribution in [2.24, 2.45) is 11.8 Å². The molecule has 18 heavy (non-hydrogen) atoms. The van der Waals surface area contributed by atoms with E-state index < -0.39 is 17.8 Å². The van der Waals surface area contributed by atoms with Crippen LogP contribution in [0, 0.1) is 24.2 Å². The Kier molecular flexibility index (Phi) is 5.44. The van der Waals surface area contributed by atoms with Crippen molar-refractivity contribution in [3.05, 3.63) is 12.2 Å². The second kappa shape index (κ2) is 6.85. The Morgan fingerprint density at radius 2 is 2.06 bits per heavy atom. The monoisotopic (exact) mass is 249 g/mol. The smallest absolute Gasteiger partial charge is 0.307 e. The number of carbonyl (C=O) groups excluding carboxylic acids is 1. The van der Waals surface area contributed by atoms with Crippen LogP contribution in [0.5, 0.6) is 0 Å². The van der Waals surface area contributed by atoms with Gasteiger partial charge in [-0.1, -0.05) is 31.4 Å². The number of carboxylic acid groups (broad SMARTS) is 1. The average Bonchev–Trinajstić information content (AvgIpc) is 2.38. The molecule has 4 heteroatoms. The highest BCUT2D eigenvalue weighted by atomic mass is 16.4. The van der Waals surface area contributed by atoms with Gasteiger partial charge in [0.2, 0.25) is 5.91 Å². The largest absolute Gasteiger partial charge is 0.481 e. The van der Waals surface area contributed by atoms with Gasteiger partial charge in [0.1, 0.15) is 0 Å². The minimum Gasteiger partial charge on any atom is -0.481 e. The quantitative estimate of drug-likeness (QED) is 0.574. The van der Waals surface area contributed by atoms with Gasteiger partial charge in [0.05, 0.1) is 17.9 Å². The van der Waals surface area contributed by atoms with E-state index in [1.165, 1.54) is 0 Å². The minimum atomic E-state index is -0.924. The Morgan fingerprint density at radius 3 is 2.56 bits per heavy atom. The predicted octanol–water partition coefficient (Wildman–Crippen LogP) is 1.57. The Bertz CT molecular complexity index is 381. The maximum Gasteiger partial charge on any atom is 0.307 e. The molecule has 2 N–H and O–H groups in total. The highest BCUT2D eigenvalue weighted by Crippen LogP contribution is 2.26. The van der Waals surface area contributed by atoms with Crippen molar-refractivity contribution in [3.8, 4) is 12.3 Å². The second-order valence-electron chi connectivity index (χ2n) is 4.51. The number of amides is 1. The van der Waals surface area contributed by atoms with E-state index in [-0.39, 0.29) is 11.9 Å². The van der Waals surface area contributed by atoms with Gasteiger partial charge in [-0.05, 0) is 19.3 Å². The summed E-state index contributed by atoms with van der Waals surface area (Å²) in [4.78, 5) is 23.1. The standard InChI is InChI=1S/C14H19NO3/c1-3-7-10(4-2)15-13(16)11-8-5-6-9-12(11)14(17)18/h2,5-6,10-12H,3,7-9H2,1H3,(H,15,16)(H,17,18). The molecule has 0 bridgehead atoms. The normalized spacial score (nSPS) is 24.0. The van der Waals surface area contributed by atoms with Crippen molar-refractivity contribution in [1.29, 1.82) is 0 Å². The van der Waals surface area contributed by atoms with Gasteiger partial charge in [-0.25, -0.2) is 0 Å². The van der Waals surface area contributed by atoms with Gasteiger partial charge >= 0.3 is 5.97 Å². The molecule has 0 radical (unpaired) electrons. The number of carboxylic acids is 1. The first-order valence-corrected chi connectivity index (χ1v) is 6.24. The summed E-state index contributed by atoms with van der Waals surface area (Å²) in [6.45, 7) is 1.99. The average molecular weight is 249 g/mol. The number of carbonyl (C=O) groups is 2. The Balaban J connectivity index is 2.67. The van der Waals surface area contributed by atoms with Crippen LogP contribution in [0.15, 0.2) is 12.2 Å². The molecule has 1 aliphatic carbocycles. The topological polar surface area (TPSA) is 66.4 Å². The van der Waals surface area contributed by atoms with Crippen molar-refractivity contribution in [2.75, 3.05) is 0 Å². The number of allylic oxidation sites excluding steroid dienone is 2. The molecule has 3 atom stereocenters. The van der Waals surface area contributed by atoms with Crippen LogP contribution in [0.1, 0.15) is 32.6 Å². The van der Waals surface area contributed by atoms with E-state index in [0.29, 0.717) is 19.3 Å². The molecule has 0 spiro atoms. The fraction of sp³-hybridized carbons (Fsp3) is 0.571. The van der Waals surface area contributed by atoms with E-state index in [1.54, 1.807) is 0 Å². The van der Waals surface area contributed by atoms with Gasteiger partial charge in [-0.2, -0.15) is 0 Å². The molecule has 1 aliphatic rings. The van der Waals surface area contributed by atoms with E-state index in [0.717, 1.165) is 6.42 Å². The van der Waals surface area contributed by atoms with E-state index in [2.05, 4.69) is 11.2 Å². The van der Waals surface area contributed by atoms with Crippen LogP contribution in [0.3, 0.4) is 0 Å². The molecule has 4 nitrogen and oxygen atoms in total. The number of nitrogens with one attached hydrogen (secondary N) is 1. The first-order chi connectivity index (χ1) is 8.60. The first-order valence-electron chi connectivity index (χ1n) is 6.24. The summed E-state index contributed by atoms with van der Waals surface area (Å²) in [5, 5.41) is 11.8. The summed E-state index contributed by atoms with van der Waals surface area (Å²) < 4.78 is 0. The second-order valence-corrected chi connectivity index (χ2v) is 4.51. The van der Waals surface area contributed by atoms with E-state index in [4.69, 9.17) is 11.5 Å². The van der Waals surface area contributed by atoms with Crippen LogP contribution in [0.2, 0.25) is 0 Å². The molecule has 0 heterocycles. The third-order valence-corrected chi connectivity index (χ3v) is 3.18. The maximum atomic E-state index is 12.1. The Morgan fingerprint density at radius 1 is 1.44 bits per heavy atom. The third-order valence-electron chi connectivity index (χ3n) is 3.18. The molecular weight excluding hydrogens is 230 g/mol. The SMILES string of the molecule is C#CC(CCC)NC(=O)C1CC=CCC1C(=O)O. The molecule has 1 rings (SSSR count). The zero-order valence-corrected chi connectivity index (χ0v) is 10.6. The molecule has 0 fully saturated rings. The van der Waals surface area contributed by atoms with Gasteiger partial charge < -0.3 is 10.4 Å². The van der Waals surface area contributed by atoms with Crippen LogP contribution in [0.4, 0.5) is 0 Å². The zero-order chi connectivity index (χ0) is 13.5. The first kappa shape index (κ1) is 14.3. The van der Waals surface area contributed by atoms with Crippen LogP contribution in [0.25, 0.3) is 0 Å². The summed E-state index contributed by atoms with van der Waals surface area (Å²) in [7, 11) is 0. The van der Waals surface area contributed by atoms with Gasteiger partial charge in [-0.3, -0.25) is 9.59 Å². The minimum absolute atomic E-state index is 0.247. The fourth-order valence-electron chi connectivity index (χ4n) is 2.14. The van der Waals surface area contributed by atoms with Gasteiger partial charge in [0.25, 0.3) is 0 Å². The van der Waals surface area contributed by atoms with Crippen molar-refractivity contribution < 1.29 is 14.7 Å². The Hall–Kier alpha value is -1.76. The molecule has 0 aromatic rings. The lowest BCUT2D eigenvalue weighted by Crippen LogP contribution is -2.43. The fourth-order valence-corrected chi connectivity index (χ4v) is 2.14. The van der Waals surface area contributed by atoms with E-state index in [9.17, 15) is 9.59 Å². The van der Waals surface area contributed by atoms with Crippen LogP contribution in [-0.4, -0.2) is 23.0 Å². The predicted molar refractivity (Wildman–Crippen MR) is 68.7 cm³/mol. The van der Waals surface area contributed by atoms with Gasteiger partial charge in [-0.15, -0.1) is 6.42 Å². The lowest BCUT2D eigenvalue weighted by Gasteiger charge is -2.25. The molecule has 3 unspecified atom stereocenters. The van der Waals surface area contributed by atoms with Crippen LogP contribution >= 0.6 is 0 Å². The Labute approximate surface area is 107 Å². The van der Waals surface area contributed by atoms with Gasteiger partial charge in [0, 0.05) is 0 Å². The molecule has 0 saturated heterocycles. The van der Waals surface area contributed by atoms with Crippen molar-refractivity contribution >= 4 is 11.9 Å². The zero-order valence-electron chi connectivity index (χ0n) is 10.6. The van der Waals surface area contributed by atoms with Crippen LogP contribution in [-0.2, 0) is 9.59 Å². The maximum absolute atomic E-state index is 12.1. The summed E-state index contributed by atoms with van der Waals surface area (Å²) in [5.41, 5.74) is 0. The van der Waals surface area contributed by atoms with Crippen LogP contribution < -0.4 is 5.32 Å². The number of aliphatic carboxylic acids is 1. The summed E-state index contributed by atoms with van der Waals surface area (Å²) >= 11 is 0. The lowest BCUT2D eigenvalue weighted by molar-refractivity contribution is -0.147.